The summed E-state index contributed by atoms with van der Waals surface area (Å²) >= 11 is 0. The SMILES string of the molecule is N#Cc1cnc2ccccc2c1OCC1CCOC1. The highest BCUT2D eigenvalue weighted by Crippen LogP contribution is 2.28. The molecule has 2 aromatic rings. The number of hydrogen-bond acceptors (Lipinski definition) is 4. The summed E-state index contributed by atoms with van der Waals surface area (Å²) in [6, 6.07) is 9.85. The van der Waals surface area contributed by atoms with Crippen molar-refractivity contribution in [3.8, 4) is 11.8 Å². The van der Waals surface area contributed by atoms with Gasteiger partial charge in [0.05, 0.1) is 18.7 Å². The lowest BCUT2D eigenvalue weighted by molar-refractivity contribution is 0.167. The van der Waals surface area contributed by atoms with Crippen molar-refractivity contribution in [3.63, 3.8) is 0 Å². The second-order valence-corrected chi connectivity index (χ2v) is 4.67. The molecule has 4 heteroatoms. The maximum atomic E-state index is 9.18. The largest absolute Gasteiger partial charge is 0.491 e. The molecule has 0 amide bonds. The summed E-state index contributed by atoms with van der Waals surface area (Å²) in [5.74, 6) is 1.05. The Morgan fingerprint density at radius 2 is 2.32 bits per heavy atom. The number of benzene rings is 1. The van der Waals surface area contributed by atoms with Gasteiger partial charge in [-0.3, -0.25) is 4.98 Å². The Morgan fingerprint density at radius 3 is 3.11 bits per heavy atom. The predicted octanol–water partition coefficient (Wildman–Crippen LogP) is 2.52. The highest BCUT2D eigenvalue weighted by molar-refractivity contribution is 5.87. The van der Waals surface area contributed by atoms with E-state index in [0.717, 1.165) is 30.5 Å². The minimum atomic E-state index is 0.415. The van der Waals surface area contributed by atoms with E-state index >= 15 is 0 Å². The quantitative estimate of drug-likeness (QED) is 0.844. The van der Waals surface area contributed by atoms with Crippen molar-refractivity contribution in [3.05, 3.63) is 36.0 Å². The Kier molecular flexibility index (Phi) is 3.30. The molecule has 0 radical (unpaired) electrons. The van der Waals surface area contributed by atoms with Crippen LogP contribution >= 0.6 is 0 Å². The third-order valence-electron chi connectivity index (χ3n) is 3.33. The topological polar surface area (TPSA) is 55.1 Å². The number of nitrogens with zero attached hydrogens (tertiary/aromatic N) is 2. The fraction of sp³-hybridized carbons (Fsp3) is 0.333. The van der Waals surface area contributed by atoms with Crippen LogP contribution in [0.25, 0.3) is 10.9 Å². The number of para-hydroxylation sites is 1. The third-order valence-corrected chi connectivity index (χ3v) is 3.33. The van der Waals surface area contributed by atoms with E-state index in [1.54, 1.807) is 6.20 Å². The highest BCUT2D eigenvalue weighted by atomic mass is 16.5. The molecule has 1 fully saturated rings. The van der Waals surface area contributed by atoms with E-state index < -0.39 is 0 Å². The molecule has 0 spiro atoms. The molecule has 1 atom stereocenters. The average Bonchev–Trinajstić information content (AvgIpc) is 2.97. The van der Waals surface area contributed by atoms with Crippen molar-refractivity contribution in [2.45, 2.75) is 6.42 Å². The molecular formula is C15H14N2O2. The average molecular weight is 254 g/mol. The van der Waals surface area contributed by atoms with E-state index in [0.29, 0.717) is 23.8 Å². The first kappa shape index (κ1) is 11.9. The Morgan fingerprint density at radius 1 is 1.42 bits per heavy atom. The van der Waals surface area contributed by atoms with Crippen molar-refractivity contribution in [1.82, 2.24) is 4.98 Å². The molecule has 1 unspecified atom stereocenters. The third kappa shape index (κ3) is 2.38. The molecular weight excluding hydrogens is 240 g/mol. The van der Waals surface area contributed by atoms with E-state index in [2.05, 4.69) is 11.1 Å². The summed E-state index contributed by atoms with van der Waals surface area (Å²) in [5, 5.41) is 10.1. The van der Waals surface area contributed by atoms with Gasteiger partial charge < -0.3 is 9.47 Å². The Labute approximate surface area is 111 Å². The van der Waals surface area contributed by atoms with Gasteiger partial charge in [0.1, 0.15) is 17.4 Å². The van der Waals surface area contributed by atoms with Gasteiger partial charge in [-0.25, -0.2) is 0 Å². The monoisotopic (exact) mass is 254 g/mol. The van der Waals surface area contributed by atoms with Gasteiger partial charge in [0.2, 0.25) is 0 Å². The zero-order valence-electron chi connectivity index (χ0n) is 10.5. The number of nitriles is 1. The molecule has 0 saturated carbocycles. The molecule has 0 N–H and O–H groups in total. The van der Waals surface area contributed by atoms with Crippen molar-refractivity contribution < 1.29 is 9.47 Å². The van der Waals surface area contributed by atoms with Gasteiger partial charge in [0, 0.05) is 24.1 Å². The van der Waals surface area contributed by atoms with Gasteiger partial charge >= 0.3 is 0 Å². The van der Waals surface area contributed by atoms with Crippen molar-refractivity contribution in [2.75, 3.05) is 19.8 Å². The summed E-state index contributed by atoms with van der Waals surface area (Å²) in [4.78, 5) is 4.27. The standard InChI is InChI=1S/C15H14N2O2/c16-7-12-8-17-14-4-2-1-3-13(14)15(12)19-10-11-5-6-18-9-11/h1-4,8,11H,5-6,9-10H2. The number of ether oxygens (including phenoxy) is 2. The van der Waals surface area contributed by atoms with Gasteiger partial charge in [0.15, 0.2) is 0 Å². The van der Waals surface area contributed by atoms with Crippen LogP contribution in [-0.4, -0.2) is 24.8 Å². The molecule has 2 heterocycles. The molecule has 1 saturated heterocycles. The minimum absolute atomic E-state index is 0.415. The first-order chi connectivity index (χ1) is 9.38. The molecule has 1 aromatic heterocycles. The van der Waals surface area contributed by atoms with E-state index in [1.807, 2.05) is 24.3 Å². The van der Waals surface area contributed by atoms with Crippen LogP contribution in [0, 0.1) is 17.2 Å². The number of rotatable bonds is 3. The first-order valence-electron chi connectivity index (χ1n) is 6.37. The van der Waals surface area contributed by atoms with Crippen LogP contribution in [-0.2, 0) is 4.74 Å². The summed E-state index contributed by atoms with van der Waals surface area (Å²) in [6.45, 7) is 2.13. The zero-order valence-corrected chi connectivity index (χ0v) is 10.5. The van der Waals surface area contributed by atoms with Crippen LogP contribution in [0.3, 0.4) is 0 Å². The van der Waals surface area contributed by atoms with Gasteiger partial charge in [0.25, 0.3) is 0 Å². The van der Waals surface area contributed by atoms with Crippen LogP contribution in [0.15, 0.2) is 30.5 Å². The molecule has 3 rings (SSSR count). The van der Waals surface area contributed by atoms with Crippen LogP contribution in [0.1, 0.15) is 12.0 Å². The molecule has 1 aliphatic rings. The van der Waals surface area contributed by atoms with Gasteiger partial charge in [-0.15, -0.1) is 0 Å². The Hall–Kier alpha value is -2.12. The van der Waals surface area contributed by atoms with Gasteiger partial charge in [-0.1, -0.05) is 12.1 Å². The van der Waals surface area contributed by atoms with Crippen molar-refractivity contribution in [2.24, 2.45) is 5.92 Å². The zero-order chi connectivity index (χ0) is 13.1. The summed E-state index contributed by atoms with van der Waals surface area (Å²) < 4.78 is 11.2. The van der Waals surface area contributed by atoms with Crippen LogP contribution in [0.4, 0.5) is 0 Å². The molecule has 0 bridgehead atoms. The fourth-order valence-electron chi connectivity index (χ4n) is 2.27. The molecule has 1 aromatic carbocycles. The Balaban J connectivity index is 1.93. The van der Waals surface area contributed by atoms with Crippen molar-refractivity contribution in [1.29, 1.82) is 5.26 Å². The van der Waals surface area contributed by atoms with Crippen molar-refractivity contribution >= 4 is 10.9 Å². The maximum absolute atomic E-state index is 9.18. The van der Waals surface area contributed by atoms with E-state index in [-0.39, 0.29) is 0 Å². The van der Waals surface area contributed by atoms with Gasteiger partial charge in [-0.05, 0) is 18.6 Å². The van der Waals surface area contributed by atoms with E-state index in [1.165, 1.54) is 0 Å². The fourth-order valence-corrected chi connectivity index (χ4v) is 2.27. The number of hydrogen-bond donors (Lipinski definition) is 0. The molecule has 0 aliphatic carbocycles. The lowest BCUT2D eigenvalue weighted by Gasteiger charge is -2.13. The normalized spacial score (nSPS) is 18.4. The number of aromatic nitrogens is 1. The number of fused-ring (bicyclic) bond motifs is 1. The molecule has 19 heavy (non-hydrogen) atoms. The van der Waals surface area contributed by atoms with E-state index in [4.69, 9.17) is 9.47 Å². The summed E-state index contributed by atoms with van der Waals surface area (Å²) in [5.41, 5.74) is 1.33. The minimum Gasteiger partial charge on any atom is -0.491 e. The van der Waals surface area contributed by atoms with Crippen LogP contribution < -0.4 is 4.74 Å². The second-order valence-electron chi connectivity index (χ2n) is 4.67. The first-order valence-corrected chi connectivity index (χ1v) is 6.37. The summed E-state index contributed by atoms with van der Waals surface area (Å²) in [6.07, 6.45) is 2.59. The maximum Gasteiger partial charge on any atom is 0.148 e. The lowest BCUT2D eigenvalue weighted by atomic mass is 10.1. The number of pyridine rings is 1. The lowest BCUT2D eigenvalue weighted by Crippen LogP contribution is -2.12. The van der Waals surface area contributed by atoms with E-state index in [9.17, 15) is 5.26 Å². The van der Waals surface area contributed by atoms with Gasteiger partial charge in [-0.2, -0.15) is 5.26 Å². The predicted molar refractivity (Wildman–Crippen MR) is 70.9 cm³/mol. The molecule has 1 aliphatic heterocycles. The van der Waals surface area contributed by atoms with Crippen LogP contribution in [0.5, 0.6) is 5.75 Å². The van der Waals surface area contributed by atoms with Crippen LogP contribution in [0.2, 0.25) is 0 Å². The summed E-state index contributed by atoms with van der Waals surface area (Å²) in [7, 11) is 0. The molecule has 4 nitrogen and oxygen atoms in total. The second kappa shape index (κ2) is 5.25. The highest BCUT2D eigenvalue weighted by Gasteiger charge is 2.18. The molecule has 96 valence electrons. The Bertz CT molecular complexity index is 628. The smallest absolute Gasteiger partial charge is 0.148 e.